The average Bonchev–Trinajstić information content (AvgIpc) is 3.06. The van der Waals surface area contributed by atoms with Crippen molar-refractivity contribution in [1.82, 2.24) is 0 Å². The lowest BCUT2D eigenvalue weighted by Gasteiger charge is -2.45. The van der Waals surface area contributed by atoms with Crippen LogP contribution in [-0.2, 0) is 4.74 Å². The van der Waals surface area contributed by atoms with Crippen molar-refractivity contribution in [3.63, 3.8) is 0 Å². The summed E-state index contributed by atoms with van der Waals surface area (Å²) in [4.78, 5) is 0. The molecule has 3 aliphatic carbocycles. The van der Waals surface area contributed by atoms with Crippen molar-refractivity contribution in [1.29, 1.82) is 0 Å². The molecular weight excluding hydrogens is 400 g/mol. The minimum absolute atomic E-state index is 0.173. The lowest BCUT2D eigenvalue weighted by molar-refractivity contribution is -0.0247. The van der Waals surface area contributed by atoms with Crippen molar-refractivity contribution in [2.24, 2.45) is 23.2 Å². The Morgan fingerprint density at radius 2 is 1.97 bits per heavy atom. The molecule has 4 heteroatoms. The Morgan fingerprint density at radius 1 is 1.25 bits per heavy atom. The van der Waals surface area contributed by atoms with Crippen molar-refractivity contribution in [3.05, 3.63) is 35.5 Å². The minimum Gasteiger partial charge on any atom is -0.393 e. The van der Waals surface area contributed by atoms with Crippen LogP contribution in [-0.4, -0.2) is 46.3 Å². The molecule has 3 rings (SSSR count). The van der Waals surface area contributed by atoms with E-state index >= 15 is 0 Å². The molecule has 3 fully saturated rings. The summed E-state index contributed by atoms with van der Waals surface area (Å²) < 4.78 is 5.94. The van der Waals surface area contributed by atoms with E-state index in [9.17, 15) is 15.3 Å². The van der Waals surface area contributed by atoms with Gasteiger partial charge in [-0.15, -0.1) is 0 Å². The maximum Gasteiger partial charge on any atom is 0.0811 e. The summed E-state index contributed by atoms with van der Waals surface area (Å²) in [5.74, 6) is 1.65. The monoisotopic (exact) mass is 446 g/mol. The Labute approximate surface area is 195 Å². The number of methoxy groups -OCH3 is 1. The standard InChI is InChI=1S/C28H46O4/c1-18-21(16-22(29)17-25(18)30)10-9-20-8-7-14-28(5)23(11-12-24(20)28)19(2)26(32-6)13-15-27(3,4)31/h9-10,19,22-26,29-31H,1,7-8,11-17H2,2-6H3/b20-9?,21-10-/t19-,22+,23+,24?,25+,26-,28+/m0/s1. The molecule has 0 amide bonds. The van der Waals surface area contributed by atoms with Crippen LogP contribution in [0.3, 0.4) is 0 Å². The highest BCUT2D eigenvalue weighted by atomic mass is 16.5. The highest BCUT2D eigenvalue weighted by Crippen LogP contribution is 2.60. The van der Waals surface area contributed by atoms with Crippen LogP contribution >= 0.6 is 0 Å². The van der Waals surface area contributed by atoms with Gasteiger partial charge in [0.25, 0.3) is 0 Å². The summed E-state index contributed by atoms with van der Waals surface area (Å²) in [5, 5.41) is 30.4. The van der Waals surface area contributed by atoms with E-state index < -0.39 is 17.8 Å². The number of rotatable bonds is 7. The molecule has 3 aliphatic rings. The van der Waals surface area contributed by atoms with Gasteiger partial charge in [0, 0.05) is 13.5 Å². The molecule has 0 saturated heterocycles. The molecule has 0 aromatic carbocycles. The molecule has 0 aromatic heterocycles. The third-order valence-corrected chi connectivity index (χ3v) is 8.87. The van der Waals surface area contributed by atoms with E-state index in [0.29, 0.717) is 30.6 Å². The van der Waals surface area contributed by atoms with Gasteiger partial charge in [0.2, 0.25) is 0 Å². The number of hydrogen-bond acceptors (Lipinski definition) is 4. The van der Waals surface area contributed by atoms with Crippen LogP contribution < -0.4 is 0 Å². The van der Waals surface area contributed by atoms with Crippen molar-refractivity contribution >= 4 is 0 Å². The fraction of sp³-hybridized carbons (Fsp3) is 0.786. The molecule has 4 nitrogen and oxygen atoms in total. The van der Waals surface area contributed by atoms with Gasteiger partial charge in [-0.3, -0.25) is 0 Å². The third kappa shape index (κ3) is 5.58. The Balaban J connectivity index is 1.76. The molecule has 32 heavy (non-hydrogen) atoms. The SMILES string of the molecule is C=C1/C(=C\C=C2CCC[C@@]3(C)C2CC[C@@H]3[C@H](C)[C@H](CCC(C)(C)O)OC)C[C@@H](O)C[C@H]1O. The second kappa shape index (κ2) is 10.1. The number of aliphatic hydroxyl groups excluding tert-OH is 2. The molecular formula is C28H46O4. The normalized spacial score (nSPS) is 38.2. The third-order valence-electron chi connectivity index (χ3n) is 8.87. The van der Waals surface area contributed by atoms with Crippen LogP contribution in [0, 0.1) is 23.2 Å². The van der Waals surface area contributed by atoms with E-state index in [0.717, 1.165) is 30.4 Å². The number of fused-ring (bicyclic) bond motifs is 1. The number of ether oxygens (including phenoxy) is 1. The number of aliphatic hydroxyl groups is 3. The number of allylic oxidation sites excluding steroid dienone is 3. The predicted molar refractivity (Wildman–Crippen MR) is 130 cm³/mol. The smallest absolute Gasteiger partial charge is 0.0811 e. The summed E-state index contributed by atoms with van der Waals surface area (Å²) in [6.45, 7) is 12.7. The first-order valence-electron chi connectivity index (χ1n) is 12.7. The summed E-state index contributed by atoms with van der Waals surface area (Å²) in [6, 6.07) is 0. The molecule has 0 spiro atoms. The minimum atomic E-state index is -0.656. The second-order valence-corrected chi connectivity index (χ2v) is 11.6. The van der Waals surface area contributed by atoms with E-state index in [2.05, 4.69) is 32.6 Å². The van der Waals surface area contributed by atoms with Gasteiger partial charge in [0.05, 0.1) is 23.9 Å². The van der Waals surface area contributed by atoms with E-state index in [1.54, 1.807) is 0 Å². The topological polar surface area (TPSA) is 69.9 Å². The number of hydrogen-bond donors (Lipinski definition) is 3. The van der Waals surface area contributed by atoms with Gasteiger partial charge < -0.3 is 20.1 Å². The molecule has 0 radical (unpaired) electrons. The van der Waals surface area contributed by atoms with Crippen LogP contribution in [0.4, 0.5) is 0 Å². The molecule has 1 unspecified atom stereocenters. The Kier molecular flexibility index (Phi) is 8.13. The van der Waals surface area contributed by atoms with Gasteiger partial charge in [0.15, 0.2) is 0 Å². The molecule has 0 aromatic rings. The lowest BCUT2D eigenvalue weighted by atomic mass is 9.60. The molecule has 7 atom stereocenters. The Hall–Kier alpha value is -0.940. The Bertz CT molecular complexity index is 730. The van der Waals surface area contributed by atoms with Gasteiger partial charge in [-0.05, 0) is 99.5 Å². The predicted octanol–water partition coefficient (Wildman–Crippen LogP) is 5.33. The van der Waals surface area contributed by atoms with Crippen LogP contribution in [0.15, 0.2) is 35.5 Å². The largest absolute Gasteiger partial charge is 0.393 e. The molecule has 3 N–H and O–H groups in total. The van der Waals surface area contributed by atoms with Gasteiger partial charge in [0.1, 0.15) is 0 Å². The van der Waals surface area contributed by atoms with Crippen LogP contribution in [0.2, 0.25) is 0 Å². The molecule has 0 bridgehead atoms. The summed E-state index contributed by atoms with van der Waals surface area (Å²) in [5.41, 5.74) is 2.89. The summed E-state index contributed by atoms with van der Waals surface area (Å²) in [7, 11) is 1.82. The maximum atomic E-state index is 10.2. The van der Waals surface area contributed by atoms with Crippen molar-refractivity contribution in [2.75, 3.05) is 7.11 Å². The van der Waals surface area contributed by atoms with Gasteiger partial charge in [-0.1, -0.05) is 38.2 Å². The quantitative estimate of drug-likeness (QED) is 0.494. The van der Waals surface area contributed by atoms with E-state index in [1.165, 1.54) is 31.3 Å². The Morgan fingerprint density at radius 3 is 2.62 bits per heavy atom. The van der Waals surface area contributed by atoms with E-state index in [-0.39, 0.29) is 11.5 Å². The summed E-state index contributed by atoms with van der Waals surface area (Å²) in [6.07, 6.45) is 12.1. The van der Waals surface area contributed by atoms with Gasteiger partial charge >= 0.3 is 0 Å². The van der Waals surface area contributed by atoms with Crippen molar-refractivity contribution in [3.8, 4) is 0 Å². The highest BCUT2D eigenvalue weighted by molar-refractivity contribution is 5.38. The van der Waals surface area contributed by atoms with Gasteiger partial charge in [-0.25, -0.2) is 0 Å². The molecule has 3 saturated carbocycles. The first-order valence-corrected chi connectivity index (χ1v) is 12.7. The van der Waals surface area contributed by atoms with E-state index in [1.807, 2.05) is 21.0 Å². The highest BCUT2D eigenvalue weighted by Gasteiger charge is 2.51. The first-order chi connectivity index (χ1) is 15.0. The fourth-order valence-corrected chi connectivity index (χ4v) is 6.96. The first kappa shape index (κ1) is 25.7. The van der Waals surface area contributed by atoms with Crippen molar-refractivity contribution in [2.45, 2.75) is 109 Å². The fourth-order valence-electron chi connectivity index (χ4n) is 6.96. The zero-order valence-corrected chi connectivity index (χ0v) is 20.9. The average molecular weight is 447 g/mol. The molecule has 0 heterocycles. The maximum absolute atomic E-state index is 10.2. The zero-order chi connectivity index (χ0) is 23.7. The second-order valence-electron chi connectivity index (χ2n) is 11.6. The molecule has 182 valence electrons. The van der Waals surface area contributed by atoms with Crippen LogP contribution in [0.5, 0.6) is 0 Å². The van der Waals surface area contributed by atoms with Crippen LogP contribution in [0.25, 0.3) is 0 Å². The lowest BCUT2D eigenvalue weighted by Crippen LogP contribution is -2.40. The van der Waals surface area contributed by atoms with Crippen molar-refractivity contribution < 1.29 is 20.1 Å². The van der Waals surface area contributed by atoms with E-state index in [4.69, 9.17) is 4.74 Å². The molecule has 0 aliphatic heterocycles. The van der Waals surface area contributed by atoms with Crippen LogP contribution in [0.1, 0.15) is 85.5 Å². The zero-order valence-electron chi connectivity index (χ0n) is 20.9. The van der Waals surface area contributed by atoms with Gasteiger partial charge in [-0.2, -0.15) is 0 Å². The summed E-state index contributed by atoms with van der Waals surface area (Å²) >= 11 is 0.